The number of thiol groups is 1. The minimum Gasteiger partial charge on any atom is -1.00 e. The van der Waals surface area contributed by atoms with Crippen molar-refractivity contribution < 1.29 is 31.0 Å². The zero-order valence-corrected chi connectivity index (χ0v) is 7.63. The Labute approximate surface area is 68.9 Å². The number of hydrogen-bond acceptors (Lipinski definition) is 1. The van der Waals surface area contributed by atoms with Crippen LogP contribution < -0.4 is 29.6 Å². The normalized spacial score (nSPS) is 8.00. The Morgan fingerprint density at radius 3 is 1.83 bits per heavy atom. The fourth-order valence-corrected chi connectivity index (χ4v) is 0. The molecule has 0 atom stereocenters. The molecule has 0 N–H and O–H groups in total. The van der Waals surface area contributed by atoms with Gasteiger partial charge in [0.15, 0.2) is 0 Å². The van der Waals surface area contributed by atoms with Crippen molar-refractivity contribution >= 4 is 12.6 Å². The van der Waals surface area contributed by atoms with Crippen LogP contribution in [-0.2, 0) is 0 Å². The molecule has 6 heavy (non-hydrogen) atoms. The number of hydrogen-bond donors (Lipinski definition) is 1. The summed E-state index contributed by atoms with van der Waals surface area (Å²) in [5, 5.41) is 0. The Morgan fingerprint density at radius 1 is 1.67 bits per heavy atom. The van der Waals surface area contributed by atoms with Crippen LogP contribution >= 0.6 is 12.6 Å². The molecule has 0 saturated carbocycles. The first-order valence-electron chi connectivity index (χ1n) is 1.88. The Hall–Kier alpha value is 1.35. The van der Waals surface area contributed by atoms with Gasteiger partial charge in [0.1, 0.15) is 0 Å². The Kier molecular flexibility index (Phi) is 11.0. The van der Waals surface area contributed by atoms with Gasteiger partial charge in [-0.25, -0.2) is 0 Å². The topological polar surface area (TPSA) is 0 Å². The monoisotopic (exact) mass is 114 g/mol. The molecule has 0 radical (unpaired) electrons. The van der Waals surface area contributed by atoms with E-state index in [9.17, 15) is 0 Å². The molecule has 0 bridgehead atoms. The largest absolute Gasteiger partial charge is 1.00 e. The van der Waals surface area contributed by atoms with Gasteiger partial charge in [-0.15, -0.1) is 0 Å². The van der Waals surface area contributed by atoms with Crippen molar-refractivity contribution in [2.45, 2.75) is 13.8 Å². The van der Waals surface area contributed by atoms with E-state index in [0.29, 0.717) is 0 Å². The zero-order valence-electron chi connectivity index (χ0n) is 5.73. The summed E-state index contributed by atoms with van der Waals surface area (Å²) in [5.74, 6) is 1.75. The minimum absolute atomic E-state index is 0. The van der Waals surface area contributed by atoms with Crippen LogP contribution in [-0.4, -0.2) is 5.75 Å². The fraction of sp³-hybridized carbons (Fsp3) is 1.00. The fourth-order valence-electron chi connectivity index (χ4n) is 0. The van der Waals surface area contributed by atoms with Gasteiger partial charge >= 0.3 is 29.6 Å². The second kappa shape index (κ2) is 6.35. The molecular formula is C4H11NaS. The van der Waals surface area contributed by atoms with Crippen LogP contribution in [0.15, 0.2) is 0 Å². The van der Waals surface area contributed by atoms with Gasteiger partial charge in [0, 0.05) is 0 Å². The third kappa shape index (κ3) is 9.02. The molecule has 34 valence electrons. The van der Waals surface area contributed by atoms with Gasteiger partial charge in [0.05, 0.1) is 0 Å². The summed E-state index contributed by atoms with van der Waals surface area (Å²) in [5.41, 5.74) is 0. The molecule has 0 aliphatic rings. The first-order chi connectivity index (χ1) is 2.27. The van der Waals surface area contributed by atoms with Crippen LogP contribution in [0.25, 0.3) is 0 Å². The molecule has 0 saturated heterocycles. The average molecular weight is 114 g/mol. The average Bonchev–Trinajstić information content (AvgIpc) is 1.38. The third-order valence-electron chi connectivity index (χ3n) is 0.365. The summed E-state index contributed by atoms with van der Waals surface area (Å²) < 4.78 is 0. The molecule has 2 heteroatoms. The predicted molar refractivity (Wildman–Crippen MR) is 29.8 cm³/mol. The Morgan fingerprint density at radius 2 is 1.83 bits per heavy atom. The SMILES string of the molecule is CC(C)CS.[H-].[Na+]. The molecule has 0 aliphatic carbocycles. The molecule has 0 fully saturated rings. The van der Waals surface area contributed by atoms with Crippen LogP contribution in [0.4, 0.5) is 0 Å². The summed E-state index contributed by atoms with van der Waals surface area (Å²) in [4.78, 5) is 0. The van der Waals surface area contributed by atoms with Gasteiger partial charge in [-0.1, -0.05) is 13.8 Å². The summed E-state index contributed by atoms with van der Waals surface area (Å²) >= 11 is 4.02. The quantitative estimate of drug-likeness (QED) is 0.317. The van der Waals surface area contributed by atoms with Gasteiger partial charge in [0.25, 0.3) is 0 Å². The van der Waals surface area contributed by atoms with E-state index in [2.05, 4.69) is 26.5 Å². The van der Waals surface area contributed by atoms with Crippen molar-refractivity contribution in [2.75, 3.05) is 5.75 Å². The molecule has 0 aromatic heterocycles. The molecule has 0 heterocycles. The zero-order chi connectivity index (χ0) is 4.28. The predicted octanol–water partition coefficient (Wildman–Crippen LogP) is -1.31. The van der Waals surface area contributed by atoms with Crippen LogP contribution in [0.2, 0.25) is 0 Å². The maximum Gasteiger partial charge on any atom is 1.00 e. The van der Waals surface area contributed by atoms with Crippen LogP contribution in [0.1, 0.15) is 15.3 Å². The molecule has 0 rings (SSSR count). The van der Waals surface area contributed by atoms with Crippen molar-refractivity contribution in [2.24, 2.45) is 5.92 Å². The summed E-state index contributed by atoms with van der Waals surface area (Å²) in [6.07, 6.45) is 0. The summed E-state index contributed by atoms with van der Waals surface area (Å²) in [7, 11) is 0. The van der Waals surface area contributed by atoms with E-state index in [-0.39, 0.29) is 31.0 Å². The maximum atomic E-state index is 4.02. The van der Waals surface area contributed by atoms with Crippen molar-refractivity contribution in [3.63, 3.8) is 0 Å². The summed E-state index contributed by atoms with van der Waals surface area (Å²) in [6.45, 7) is 4.29. The van der Waals surface area contributed by atoms with Gasteiger partial charge in [-0.2, -0.15) is 12.6 Å². The van der Waals surface area contributed by atoms with Crippen molar-refractivity contribution in [3.8, 4) is 0 Å². The van der Waals surface area contributed by atoms with Gasteiger partial charge in [0.2, 0.25) is 0 Å². The van der Waals surface area contributed by atoms with Crippen molar-refractivity contribution in [1.82, 2.24) is 0 Å². The maximum absolute atomic E-state index is 4.02. The van der Waals surface area contributed by atoms with E-state index >= 15 is 0 Å². The van der Waals surface area contributed by atoms with Gasteiger partial charge in [-0.05, 0) is 11.7 Å². The smallest absolute Gasteiger partial charge is 1.00 e. The Balaban J connectivity index is -0.0000000800. The van der Waals surface area contributed by atoms with E-state index in [0.717, 1.165) is 11.7 Å². The summed E-state index contributed by atoms with van der Waals surface area (Å²) in [6, 6.07) is 0. The van der Waals surface area contributed by atoms with Crippen molar-refractivity contribution in [1.29, 1.82) is 0 Å². The van der Waals surface area contributed by atoms with E-state index in [1.807, 2.05) is 0 Å². The molecule has 0 amide bonds. The van der Waals surface area contributed by atoms with Crippen molar-refractivity contribution in [3.05, 3.63) is 0 Å². The molecule has 0 nitrogen and oxygen atoms in total. The first-order valence-corrected chi connectivity index (χ1v) is 2.51. The molecule has 0 aromatic carbocycles. The van der Waals surface area contributed by atoms with Gasteiger partial charge in [-0.3, -0.25) is 0 Å². The Bertz CT molecular complexity index is 25.7. The van der Waals surface area contributed by atoms with E-state index in [4.69, 9.17) is 0 Å². The molecule has 0 spiro atoms. The third-order valence-corrected chi connectivity index (χ3v) is 1.10. The standard InChI is InChI=1S/C4H10S.Na.H/c1-4(2)3-5;;/h4-5H,3H2,1-2H3;;/q;+1;-1. The van der Waals surface area contributed by atoms with Crippen LogP contribution in [0.3, 0.4) is 0 Å². The van der Waals surface area contributed by atoms with E-state index in [1.165, 1.54) is 0 Å². The van der Waals surface area contributed by atoms with Crippen LogP contribution in [0, 0.1) is 5.92 Å². The number of rotatable bonds is 1. The second-order valence-electron chi connectivity index (χ2n) is 1.58. The van der Waals surface area contributed by atoms with Crippen LogP contribution in [0.5, 0.6) is 0 Å². The molecule has 0 aromatic rings. The van der Waals surface area contributed by atoms with Gasteiger partial charge < -0.3 is 1.43 Å². The molecular weight excluding hydrogens is 103 g/mol. The second-order valence-corrected chi connectivity index (χ2v) is 1.94. The molecule has 0 aliphatic heterocycles. The minimum atomic E-state index is 0. The van der Waals surface area contributed by atoms with E-state index < -0.39 is 0 Å². The first kappa shape index (κ1) is 10.4. The van der Waals surface area contributed by atoms with E-state index in [1.54, 1.807) is 0 Å². The molecule has 0 unspecified atom stereocenters.